The lowest BCUT2D eigenvalue weighted by Crippen LogP contribution is -2.49. The van der Waals surface area contributed by atoms with Gasteiger partial charge in [0, 0.05) is 74.2 Å². The molecule has 3 aromatic rings. The third-order valence-corrected chi connectivity index (χ3v) is 7.79. The Balaban J connectivity index is 1.02. The van der Waals surface area contributed by atoms with Crippen LogP contribution in [0.3, 0.4) is 0 Å². The summed E-state index contributed by atoms with van der Waals surface area (Å²) in [6.07, 6.45) is 10.1. The number of carbonyl (C=O) groups excluding carboxylic acids is 1. The number of carbonyl (C=O) groups is 1. The van der Waals surface area contributed by atoms with Gasteiger partial charge in [-0.3, -0.25) is 9.69 Å². The molecule has 0 radical (unpaired) electrons. The molecule has 3 aliphatic rings. The average molecular weight is 487 g/mol. The van der Waals surface area contributed by atoms with Crippen LogP contribution in [0.1, 0.15) is 31.2 Å². The number of rotatable bonds is 6. The van der Waals surface area contributed by atoms with Gasteiger partial charge in [0.05, 0.1) is 0 Å². The second kappa shape index (κ2) is 10.3. The topological polar surface area (TPSA) is 61.0 Å². The molecule has 36 heavy (non-hydrogen) atoms. The lowest BCUT2D eigenvalue weighted by Gasteiger charge is -2.39. The number of piperidine rings is 1. The molecule has 188 valence electrons. The third kappa shape index (κ3) is 4.80. The first-order chi connectivity index (χ1) is 17.7. The van der Waals surface area contributed by atoms with Crippen molar-refractivity contribution in [1.29, 1.82) is 0 Å². The number of likely N-dealkylation sites (tertiary alicyclic amines) is 1. The van der Waals surface area contributed by atoms with Crippen molar-refractivity contribution < 1.29 is 14.3 Å². The van der Waals surface area contributed by atoms with E-state index < -0.39 is 0 Å². The fraction of sp³-hybridized carbons (Fsp3) is 0.414. The molecule has 0 spiro atoms. The van der Waals surface area contributed by atoms with Crippen LogP contribution in [0.15, 0.2) is 54.7 Å². The van der Waals surface area contributed by atoms with Gasteiger partial charge in [0.15, 0.2) is 11.5 Å². The number of nitrogens with zero attached hydrogens (tertiary/aromatic N) is 3. The van der Waals surface area contributed by atoms with E-state index in [-0.39, 0.29) is 12.7 Å². The molecule has 2 saturated heterocycles. The van der Waals surface area contributed by atoms with E-state index >= 15 is 0 Å². The number of anilines is 1. The zero-order valence-electron chi connectivity index (χ0n) is 20.7. The van der Waals surface area contributed by atoms with Crippen LogP contribution < -0.4 is 14.4 Å². The average Bonchev–Trinajstić information content (AvgIpc) is 3.60. The maximum absolute atomic E-state index is 13.1. The normalized spacial score (nSPS) is 20.5. The lowest BCUT2D eigenvalue weighted by molar-refractivity contribution is -0.129. The van der Waals surface area contributed by atoms with Crippen LogP contribution in [0.4, 0.5) is 5.69 Å². The SMILES string of the molecule is O=C(C=Cc1ccc2c(c1)OCO2)N1CCCC[C@H]1CCN1CCN(c2cccc3[nH]ccc23)CC1. The first kappa shape index (κ1) is 23.0. The summed E-state index contributed by atoms with van der Waals surface area (Å²) in [6, 6.07) is 14.8. The molecule has 4 heterocycles. The first-order valence-electron chi connectivity index (χ1n) is 13.2. The van der Waals surface area contributed by atoms with Gasteiger partial charge in [-0.15, -0.1) is 0 Å². The maximum Gasteiger partial charge on any atom is 0.246 e. The van der Waals surface area contributed by atoms with Gasteiger partial charge in [0.1, 0.15) is 0 Å². The van der Waals surface area contributed by atoms with Gasteiger partial charge in [-0.2, -0.15) is 0 Å². The minimum absolute atomic E-state index is 0.113. The van der Waals surface area contributed by atoms with Crippen LogP contribution in [0.2, 0.25) is 0 Å². The van der Waals surface area contributed by atoms with Gasteiger partial charge in [-0.1, -0.05) is 12.1 Å². The summed E-state index contributed by atoms with van der Waals surface area (Å²) in [5.74, 6) is 1.61. The molecule has 1 atom stereocenters. The highest BCUT2D eigenvalue weighted by molar-refractivity contribution is 5.93. The van der Waals surface area contributed by atoms with Gasteiger partial charge in [0.25, 0.3) is 0 Å². The van der Waals surface area contributed by atoms with E-state index in [1.807, 2.05) is 30.5 Å². The summed E-state index contributed by atoms with van der Waals surface area (Å²) in [7, 11) is 0. The van der Waals surface area contributed by atoms with E-state index in [2.05, 4.69) is 43.9 Å². The number of H-pyrrole nitrogens is 1. The first-order valence-corrected chi connectivity index (χ1v) is 13.2. The number of aromatic amines is 1. The van der Waals surface area contributed by atoms with Crippen molar-refractivity contribution in [3.05, 3.63) is 60.3 Å². The molecule has 0 saturated carbocycles. The molecule has 3 aliphatic heterocycles. The molecule has 0 aliphatic carbocycles. The fourth-order valence-electron chi connectivity index (χ4n) is 5.76. The molecule has 2 aromatic carbocycles. The Hall–Kier alpha value is -3.45. The monoisotopic (exact) mass is 486 g/mol. The number of nitrogens with one attached hydrogen (secondary N) is 1. The predicted molar refractivity (Wildman–Crippen MR) is 143 cm³/mol. The van der Waals surface area contributed by atoms with E-state index in [1.165, 1.54) is 23.0 Å². The number of amides is 1. The van der Waals surface area contributed by atoms with Crippen LogP contribution >= 0.6 is 0 Å². The van der Waals surface area contributed by atoms with Gasteiger partial charge in [0.2, 0.25) is 12.7 Å². The zero-order valence-corrected chi connectivity index (χ0v) is 20.7. The second-order valence-corrected chi connectivity index (χ2v) is 9.96. The summed E-state index contributed by atoms with van der Waals surface area (Å²) in [6.45, 7) is 6.35. The van der Waals surface area contributed by atoms with E-state index in [0.717, 1.165) is 75.6 Å². The van der Waals surface area contributed by atoms with Gasteiger partial charge in [-0.25, -0.2) is 0 Å². The van der Waals surface area contributed by atoms with Gasteiger partial charge < -0.3 is 24.3 Å². The minimum Gasteiger partial charge on any atom is -0.454 e. The molecule has 6 rings (SSSR count). The molecular weight excluding hydrogens is 452 g/mol. The number of benzene rings is 2. The van der Waals surface area contributed by atoms with Crippen molar-refractivity contribution in [3.8, 4) is 11.5 Å². The Morgan fingerprint density at radius 1 is 1.00 bits per heavy atom. The van der Waals surface area contributed by atoms with Crippen LogP contribution in [-0.4, -0.2) is 72.8 Å². The zero-order chi connectivity index (χ0) is 24.3. The Morgan fingerprint density at radius 2 is 1.89 bits per heavy atom. The minimum atomic E-state index is 0.113. The summed E-state index contributed by atoms with van der Waals surface area (Å²) in [5, 5.41) is 1.30. The molecule has 7 heteroatoms. The fourth-order valence-corrected chi connectivity index (χ4v) is 5.76. The largest absolute Gasteiger partial charge is 0.454 e. The van der Waals surface area contributed by atoms with Crippen LogP contribution in [0, 0.1) is 0 Å². The quantitative estimate of drug-likeness (QED) is 0.520. The molecule has 1 amide bonds. The Morgan fingerprint density at radius 3 is 2.81 bits per heavy atom. The number of hydrogen-bond acceptors (Lipinski definition) is 5. The Bertz CT molecular complexity index is 1240. The van der Waals surface area contributed by atoms with Crippen molar-refractivity contribution in [2.24, 2.45) is 0 Å². The molecule has 7 nitrogen and oxygen atoms in total. The predicted octanol–water partition coefficient (Wildman–Crippen LogP) is 4.50. The van der Waals surface area contributed by atoms with E-state index in [0.29, 0.717) is 6.04 Å². The van der Waals surface area contributed by atoms with Crippen LogP contribution in [-0.2, 0) is 4.79 Å². The number of ether oxygens (including phenoxy) is 2. The molecule has 0 bridgehead atoms. The van der Waals surface area contributed by atoms with E-state index in [1.54, 1.807) is 6.08 Å². The van der Waals surface area contributed by atoms with Crippen molar-refractivity contribution in [3.63, 3.8) is 0 Å². The number of aromatic nitrogens is 1. The standard InChI is InChI=1S/C29H34N4O3/c34-29(10-8-22-7-9-27-28(20-22)36-21-35-27)33-14-2-1-4-23(33)12-15-31-16-18-32(19-17-31)26-6-3-5-25-24(26)11-13-30-25/h3,5-11,13,20,23,30H,1-2,4,12,14-19,21H2/t23-/m0/s1. The highest BCUT2D eigenvalue weighted by atomic mass is 16.7. The van der Waals surface area contributed by atoms with Crippen molar-refractivity contribution in [1.82, 2.24) is 14.8 Å². The molecule has 0 unspecified atom stereocenters. The van der Waals surface area contributed by atoms with Gasteiger partial charge >= 0.3 is 0 Å². The van der Waals surface area contributed by atoms with Crippen LogP contribution in [0.25, 0.3) is 17.0 Å². The number of fused-ring (bicyclic) bond motifs is 2. The van der Waals surface area contributed by atoms with Gasteiger partial charge in [-0.05, 0) is 67.7 Å². The smallest absolute Gasteiger partial charge is 0.246 e. The second-order valence-electron chi connectivity index (χ2n) is 9.96. The molecular formula is C29H34N4O3. The summed E-state index contributed by atoms with van der Waals surface area (Å²) in [5.41, 5.74) is 3.48. The number of hydrogen-bond donors (Lipinski definition) is 1. The number of piperazine rings is 1. The van der Waals surface area contributed by atoms with Crippen molar-refractivity contribution in [2.75, 3.05) is 51.0 Å². The third-order valence-electron chi connectivity index (χ3n) is 7.79. The van der Waals surface area contributed by atoms with Crippen molar-refractivity contribution in [2.45, 2.75) is 31.7 Å². The summed E-state index contributed by atoms with van der Waals surface area (Å²) in [4.78, 5) is 23.6. The van der Waals surface area contributed by atoms with E-state index in [9.17, 15) is 4.79 Å². The molecule has 1 N–H and O–H groups in total. The van der Waals surface area contributed by atoms with Crippen molar-refractivity contribution >= 4 is 28.6 Å². The maximum atomic E-state index is 13.1. The van der Waals surface area contributed by atoms with E-state index in [4.69, 9.17) is 9.47 Å². The van der Waals surface area contributed by atoms with Crippen LogP contribution in [0.5, 0.6) is 11.5 Å². The highest BCUT2D eigenvalue weighted by Gasteiger charge is 2.27. The Labute approximate surface area is 212 Å². The molecule has 2 fully saturated rings. The lowest BCUT2D eigenvalue weighted by atomic mass is 9.98. The molecule has 1 aromatic heterocycles. The summed E-state index contributed by atoms with van der Waals surface area (Å²) < 4.78 is 10.8. The summed E-state index contributed by atoms with van der Waals surface area (Å²) >= 11 is 0. The Kier molecular flexibility index (Phi) is 6.55. The highest BCUT2D eigenvalue weighted by Crippen LogP contribution is 2.33.